The molecule has 1 aromatic rings. The highest BCUT2D eigenvalue weighted by Crippen LogP contribution is 2.18. The standard InChI is InChI=1S/C12H18N2O/c1-2-3-4-5-6-7-12(15)11-8-13-10-14-9-11/h2,8-10,12,15H,1,3-7H2. The summed E-state index contributed by atoms with van der Waals surface area (Å²) in [5.74, 6) is 0. The predicted molar refractivity (Wildman–Crippen MR) is 60.3 cm³/mol. The molecule has 0 radical (unpaired) electrons. The van der Waals surface area contributed by atoms with Crippen LogP contribution in [0.25, 0.3) is 0 Å². The molecule has 3 heteroatoms. The first-order valence-corrected chi connectivity index (χ1v) is 5.38. The Bertz CT molecular complexity index is 274. The molecule has 0 aliphatic carbocycles. The Hall–Kier alpha value is -1.22. The van der Waals surface area contributed by atoms with Crippen LogP contribution in [-0.2, 0) is 0 Å². The minimum atomic E-state index is -0.421. The molecule has 1 atom stereocenters. The lowest BCUT2D eigenvalue weighted by molar-refractivity contribution is 0.162. The lowest BCUT2D eigenvalue weighted by Crippen LogP contribution is -1.98. The van der Waals surface area contributed by atoms with Gasteiger partial charge in [0.2, 0.25) is 0 Å². The van der Waals surface area contributed by atoms with Crippen LogP contribution < -0.4 is 0 Å². The fourth-order valence-electron chi connectivity index (χ4n) is 1.45. The SMILES string of the molecule is C=CCCCCCC(O)c1cncnc1. The average Bonchev–Trinajstić information content (AvgIpc) is 2.30. The van der Waals surface area contributed by atoms with E-state index in [0.717, 1.165) is 37.7 Å². The number of allylic oxidation sites excluding steroid dienone is 1. The predicted octanol–water partition coefficient (Wildman–Crippen LogP) is 2.65. The smallest absolute Gasteiger partial charge is 0.115 e. The average molecular weight is 206 g/mol. The van der Waals surface area contributed by atoms with E-state index in [9.17, 15) is 5.11 Å². The fourth-order valence-corrected chi connectivity index (χ4v) is 1.45. The van der Waals surface area contributed by atoms with E-state index in [2.05, 4.69) is 16.5 Å². The number of aromatic nitrogens is 2. The van der Waals surface area contributed by atoms with Gasteiger partial charge in [-0.15, -0.1) is 6.58 Å². The quantitative estimate of drug-likeness (QED) is 0.551. The van der Waals surface area contributed by atoms with Crippen LogP contribution >= 0.6 is 0 Å². The Balaban J connectivity index is 2.19. The molecule has 1 unspecified atom stereocenters. The number of unbranched alkanes of at least 4 members (excludes halogenated alkanes) is 3. The monoisotopic (exact) mass is 206 g/mol. The van der Waals surface area contributed by atoms with Gasteiger partial charge in [0.05, 0.1) is 6.10 Å². The summed E-state index contributed by atoms with van der Waals surface area (Å²) in [6.45, 7) is 3.68. The first kappa shape index (κ1) is 11.9. The second kappa shape index (κ2) is 7.12. The van der Waals surface area contributed by atoms with E-state index in [4.69, 9.17) is 0 Å². The number of hydrogen-bond acceptors (Lipinski definition) is 3. The summed E-state index contributed by atoms with van der Waals surface area (Å²) in [4.78, 5) is 7.76. The van der Waals surface area contributed by atoms with Gasteiger partial charge >= 0.3 is 0 Å². The van der Waals surface area contributed by atoms with Crippen molar-refractivity contribution in [3.05, 3.63) is 36.9 Å². The third-order valence-corrected chi connectivity index (χ3v) is 2.35. The Morgan fingerprint density at radius 1 is 1.27 bits per heavy atom. The van der Waals surface area contributed by atoms with E-state index in [1.54, 1.807) is 12.4 Å². The van der Waals surface area contributed by atoms with Gasteiger partial charge < -0.3 is 5.11 Å². The molecule has 0 aliphatic heterocycles. The topological polar surface area (TPSA) is 46.0 Å². The van der Waals surface area contributed by atoms with Crippen LogP contribution in [0.2, 0.25) is 0 Å². The van der Waals surface area contributed by atoms with Gasteiger partial charge in [-0.1, -0.05) is 18.9 Å². The fraction of sp³-hybridized carbons (Fsp3) is 0.500. The van der Waals surface area contributed by atoms with Crippen molar-refractivity contribution in [1.29, 1.82) is 0 Å². The molecule has 0 spiro atoms. The highest BCUT2D eigenvalue weighted by Gasteiger charge is 2.06. The van der Waals surface area contributed by atoms with Gasteiger partial charge in [0.1, 0.15) is 6.33 Å². The van der Waals surface area contributed by atoms with Crippen molar-refractivity contribution in [2.45, 2.75) is 38.2 Å². The zero-order valence-corrected chi connectivity index (χ0v) is 8.97. The van der Waals surface area contributed by atoms with Crippen LogP contribution in [0, 0.1) is 0 Å². The normalized spacial score (nSPS) is 12.3. The Labute approximate surface area is 90.9 Å². The molecule has 0 bridgehead atoms. The highest BCUT2D eigenvalue weighted by atomic mass is 16.3. The number of nitrogens with zero attached hydrogens (tertiary/aromatic N) is 2. The lowest BCUT2D eigenvalue weighted by Gasteiger charge is -2.08. The van der Waals surface area contributed by atoms with Crippen molar-refractivity contribution >= 4 is 0 Å². The first-order chi connectivity index (χ1) is 7.34. The molecule has 1 N–H and O–H groups in total. The molecular weight excluding hydrogens is 188 g/mol. The Morgan fingerprint density at radius 2 is 2.00 bits per heavy atom. The summed E-state index contributed by atoms with van der Waals surface area (Å²) in [7, 11) is 0. The highest BCUT2D eigenvalue weighted by molar-refractivity contribution is 5.05. The van der Waals surface area contributed by atoms with Crippen LogP contribution in [0.5, 0.6) is 0 Å². The Morgan fingerprint density at radius 3 is 2.67 bits per heavy atom. The molecule has 82 valence electrons. The minimum Gasteiger partial charge on any atom is -0.388 e. The molecular formula is C12H18N2O. The van der Waals surface area contributed by atoms with E-state index >= 15 is 0 Å². The van der Waals surface area contributed by atoms with Crippen molar-refractivity contribution in [2.24, 2.45) is 0 Å². The molecule has 15 heavy (non-hydrogen) atoms. The summed E-state index contributed by atoms with van der Waals surface area (Å²) >= 11 is 0. The van der Waals surface area contributed by atoms with Gasteiger partial charge in [-0.25, -0.2) is 9.97 Å². The second-order valence-electron chi connectivity index (χ2n) is 3.61. The molecule has 0 saturated heterocycles. The number of aliphatic hydroxyl groups is 1. The molecule has 1 aromatic heterocycles. The summed E-state index contributed by atoms with van der Waals surface area (Å²) in [6, 6.07) is 0. The molecule has 0 aromatic carbocycles. The number of aliphatic hydroxyl groups excluding tert-OH is 1. The van der Waals surface area contributed by atoms with E-state index in [-0.39, 0.29) is 0 Å². The van der Waals surface area contributed by atoms with E-state index in [0.29, 0.717) is 0 Å². The van der Waals surface area contributed by atoms with E-state index < -0.39 is 6.10 Å². The molecule has 0 amide bonds. The maximum Gasteiger partial charge on any atom is 0.115 e. The van der Waals surface area contributed by atoms with Crippen molar-refractivity contribution in [2.75, 3.05) is 0 Å². The van der Waals surface area contributed by atoms with Crippen molar-refractivity contribution < 1.29 is 5.11 Å². The van der Waals surface area contributed by atoms with Gasteiger partial charge in [-0.3, -0.25) is 0 Å². The van der Waals surface area contributed by atoms with E-state index in [1.165, 1.54) is 6.33 Å². The number of hydrogen-bond donors (Lipinski definition) is 1. The molecule has 1 heterocycles. The third kappa shape index (κ3) is 4.70. The van der Waals surface area contributed by atoms with Crippen molar-refractivity contribution in [3.63, 3.8) is 0 Å². The number of rotatable bonds is 7. The van der Waals surface area contributed by atoms with Crippen LogP contribution in [0.1, 0.15) is 43.8 Å². The van der Waals surface area contributed by atoms with Gasteiger partial charge in [0.15, 0.2) is 0 Å². The van der Waals surface area contributed by atoms with Gasteiger partial charge in [-0.05, 0) is 19.3 Å². The van der Waals surface area contributed by atoms with Gasteiger partial charge in [-0.2, -0.15) is 0 Å². The molecule has 0 saturated carbocycles. The van der Waals surface area contributed by atoms with Gasteiger partial charge in [0.25, 0.3) is 0 Å². The first-order valence-electron chi connectivity index (χ1n) is 5.38. The Kier molecular flexibility index (Phi) is 5.63. The zero-order valence-electron chi connectivity index (χ0n) is 8.97. The third-order valence-electron chi connectivity index (χ3n) is 2.35. The van der Waals surface area contributed by atoms with Crippen molar-refractivity contribution in [1.82, 2.24) is 9.97 Å². The molecule has 0 fully saturated rings. The van der Waals surface area contributed by atoms with Crippen LogP contribution in [0.15, 0.2) is 31.4 Å². The maximum atomic E-state index is 9.78. The summed E-state index contributed by atoms with van der Waals surface area (Å²) < 4.78 is 0. The molecule has 1 rings (SSSR count). The van der Waals surface area contributed by atoms with Crippen molar-refractivity contribution in [3.8, 4) is 0 Å². The lowest BCUT2D eigenvalue weighted by atomic mass is 10.1. The molecule has 3 nitrogen and oxygen atoms in total. The van der Waals surface area contributed by atoms with Crippen LogP contribution in [0.4, 0.5) is 0 Å². The summed E-state index contributed by atoms with van der Waals surface area (Å²) in [6.07, 6.45) is 11.5. The minimum absolute atomic E-state index is 0.421. The van der Waals surface area contributed by atoms with Crippen LogP contribution in [0.3, 0.4) is 0 Å². The summed E-state index contributed by atoms with van der Waals surface area (Å²) in [5.41, 5.74) is 0.807. The maximum absolute atomic E-state index is 9.78. The second-order valence-corrected chi connectivity index (χ2v) is 3.61. The van der Waals surface area contributed by atoms with Crippen LogP contribution in [-0.4, -0.2) is 15.1 Å². The summed E-state index contributed by atoms with van der Waals surface area (Å²) in [5, 5.41) is 9.78. The van der Waals surface area contributed by atoms with Gasteiger partial charge in [0, 0.05) is 18.0 Å². The largest absolute Gasteiger partial charge is 0.388 e. The van der Waals surface area contributed by atoms with E-state index in [1.807, 2.05) is 6.08 Å². The zero-order chi connectivity index (χ0) is 10.9. The molecule has 0 aliphatic rings.